The van der Waals surface area contributed by atoms with Gasteiger partial charge in [-0.3, -0.25) is 29.5 Å². The van der Waals surface area contributed by atoms with Gasteiger partial charge in [0.25, 0.3) is 0 Å². The van der Waals surface area contributed by atoms with Crippen LogP contribution in [0.4, 0.5) is 0 Å². The van der Waals surface area contributed by atoms with Crippen molar-refractivity contribution in [3.8, 4) is 0 Å². The van der Waals surface area contributed by atoms with E-state index in [1.165, 1.54) is 9.80 Å². The van der Waals surface area contributed by atoms with Gasteiger partial charge >= 0.3 is 17.9 Å². The van der Waals surface area contributed by atoms with E-state index < -0.39 is 17.9 Å². The minimum absolute atomic E-state index is 0.0503. The van der Waals surface area contributed by atoms with Crippen LogP contribution >= 0.6 is 0 Å². The molecule has 0 aromatic rings. The molecular weight excluding hydrogens is 258 g/mol. The molecule has 4 N–H and O–H groups in total. The van der Waals surface area contributed by atoms with Crippen molar-refractivity contribution in [3.63, 3.8) is 0 Å². The number of carboxylic acids is 3. The first-order chi connectivity index (χ1) is 8.85. The Kier molecular flexibility index (Phi) is 8.42. The van der Waals surface area contributed by atoms with Gasteiger partial charge in [0, 0.05) is 0 Å². The molecule has 0 radical (unpaired) electrons. The highest BCUT2D eigenvalue weighted by Gasteiger charge is 2.15. The molecule has 0 spiro atoms. The van der Waals surface area contributed by atoms with Crippen LogP contribution in [0, 0.1) is 0 Å². The second kappa shape index (κ2) is 9.25. The first-order valence-electron chi connectivity index (χ1n) is 5.66. The Morgan fingerprint density at radius 1 is 0.947 bits per heavy atom. The fourth-order valence-electron chi connectivity index (χ4n) is 1.40. The Morgan fingerprint density at radius 2 is 1.47 bits per heavy atom. The van der Waals surface area contributed by atoms with Gasteiger partial charge in [0.2, 0.25) is 0 Å². The number of carboxylic acid groups (broad SMARTS) is 3. The van der Waals surface area contributed by atoms with Crippen LogP contribution in [0.1, 0.15) is 6.92 Å². The van der Waals surface area contributed by atoms with Crippen molar-refractivity contribution in [1.82, 2.24) is 15.1 Å². The predicted molar refractivity (Wildman–Crippen MR) is 64.6 cm³/mol. The number of nitrogens with one attached hydrogen (secondary N) is 1. The van der Waals surface area contributed by atoms with Crippen LogP contribution < -0.4 is 5.32 Å². The topological polar surface area (TPSA) is 130 Å². The highest BCUT2D eigenvalue weighted by molar-refractivity contribution is 5.70. The summed E-state index contributed by atoms with van der Waals surface area (Å²) in [4.78, 5) is 34.6. The molecule has 0 fully saturated rings. The Balaban J connectivity index is 4.33. The van der Waals surface area contributed by atoms with Crippen LogP contribution in [-0.2, 0) is 14.4 Å². The Morgan fingerprint density at radius 3 is 1.89 bits per heavy atom. The van der Waals surface area contributed by atoms with Gasteiger partial charge in [-0.15, -0.1) is 0 Å². The van der Waals surface area contributed by atoms with E-state index in [2.05, 4.69) is 5.32 Å². The molecule has 0 aliphatic carbocycles. The molecule has 0 aromatic heterocycles. The molecule has 0 aliphatic rings. The number of aliphatic carboxylic acids is 3. The monoisotopic (exact) mass is 277 g/mol. The van der Waals surface area contributed by atoms with Gasteiger partial charge in [-0.05, 0) is 6.54 Å². The van der Waals surface area contributed by atoms with E-state index in [1.54, 1.807) is 6.92 Å². The molecule has 0 heterocycles. The molecular formula is C10H19N3O6. The number of hydrogen-bond donors (Lipinski definition) is 4. The maximum atomic E-state index is 10.7. The van der Waals surface area contributed by atoms with E-state index in [-0.39, 0.29) is 33.0 Å². The number of rotatable bonds is 11. The summed E-state index contributed by atoms with van der Waals surface area (Å²) in [6, 6.07) is 0. The van der Waals surface area contributed by atoms with Crippen molar-refractivity contribution in [1.29, 1.82) is 0 Å². The number of carbonyl (C=O) groups is 3. The van der Waals surface area contributed by atoms with Crippen LogP contribution in [0.25, 0.3) is 0 Å². The number of likely N-dealkylation sites (N-methyl/N-ethyl adjacent to an activating group) is 1. The number of hydrogen-bond acceptors (Lipinski definition) is 6. The van der Waals surface area contributed by atoms with Gasteiger partial charge in [0.1, 0.15) is 0 Å². The third-order valence-electron chi connectivity index (χ3n) is 2.18. The first kappa shape index (κ1) is 17.3. The lowest BCUT2D eigenvalue weighted by molar-refractivity contribution is -0.140. The summed E-state index contributed by atoms with van der Waals surface area (Å²) < 4.78 is 0. The summed E-state index contributed by atoms with van der Waals surface area (Å²) in [6.45, 7) is 1.58. The highest BCUT2D eigenvalue weighted by atomic mass is 16.4. The van der Waals surface area contributed by atoms with Gasteiger partial charge in [-0.2, -0.15) is 0 Å². The summed E-state index contributed by atoms with van der Waals surface area (Å²) in [7, 11) is 0. The molecule has 19 heavy (non-hydrogen) atoms. The molecule has 0 aliphatic heterocycles. The largest absolute Gasteiger partial charge is 0.480 e. The third kappa shape index (κ3) is 9.94. The van der Waals surface area contributed by atoms with Crippen LogP contribution in [0.5, 0.6) is 0 Å². The Bertz CT molecular complexity index is 322. The van der Waals surface area contributed by atoms with Crippen molar-refractivity contribution in [2.24, 2.45) is 0 Å². The summed E-state index contributed by atoms with van der Waals surface area (Å²) >= 11 is 0. The van der Waals surface area contributed by atoms with Crippen molar-refractivity contribution in [3.05, 3.63) is 0 Å². The quantitative estimate of drug-likeness (QED) is 0.329. The molecule has 0 aromatic carbocycles. The maximum Gasteiger partial charge on any atom is 0.317 e. The fourth-order valence-corrected chi connectivity index (χ4v) is 1.40. The zero-order chi connectivity index (χ0) is 14.8. The van der Waals surface area contributed by atoms with E-state index in [1.807, 2.05) is 0 Å². The highest BCUT2D eigenvalue weighted by Crippen LogP contribution is 1.94. The third-order valence-corrected chi connectivity index (χ3v) is 2.18. The van der Waals surface area contributed by atoms with Crippen LogP contribution in [0.15, 0.2) is 0 Å². The minimum Gasteiger partial charge on any atom is -0.480 e. The molecule has 0 bridgehead atoms. The average Bonchev–Trinajstić information content (AvgIpc) is 2.25. The first-order valence-corrected chi connectivity index (χ1v) is 5.66. The van der Waals surface area contributed by atoms with Gasteiger partial charge in [-0.25, -0.2) is 0 Å². The van der Waals surface area contributed by atoms with E-state index in [0.717, 1.165) is 0 Å². The summed E-state index contributed by atoms with van der Waals surface area (Å²) in [5, 5.41) is 28.5. The van der Waals surface area contributed by atoms with Crippen molar-refractivity contribution < 1.29 is 29.7 Å². The molecule has 0 amide bonds. The number of nitrogens with zero attached hydrogens (tertiary/aromatic N) is 2. The molecule has 0 saturated heterocycles. The van der Waals surface area contributed by atoms with Crippen LogP contribution in [0.2, 0.25) is 0 Å². The average molecular weight is 277 g/mol. The summed E-state index contributed by atoms with van der Waals surface area (Å²) in [5.41, 5.74) is 0. The molecule has 9 heteroatoms. The predicted octanol–water partition coefficient (Wildman–Crippen LogP) is -1.63. The van der Waals surface area contributed by atoms with E-state index in [9.17, 15) is 14.4 Å². The van der Waals surface area contributed by atoms with Gasteiger partial charge in [0.05, 0.1) is 33.0 Å². The summed E-state index contributed by atoms with van der Waals surface area (Å²) in [6.07, 6.45) is 0. The van der Waals surface area contributed by atoms with Crippen molar-refractivity contribution in [2.75, 3.05) is 39.5 Å². The second-order valence-electron chi connectivity index (χ2n) is 3.88. The lowest BCUT2D eigenvalue weighted by Crippen LogP contribution is -2.46. The lowest BCUT2D eigenvalue weighted by Gasteiger charge is -2.27. The SMILES string of the molecule is CCN(CC(=O)O)CN(CNCC(=O)O)CC(=O)O. The maximum absolute atomic E-state index is 10.7. The second-order valence-corrected chi connectivity index (χ2v) is 3.88. The van der Waals surface area contributed by atoms with E-state index in [4.69, 9.17) is 15.3 Å². The van der Waals surface area contributed by atoms with E-state index >= 15 is 0 Å². The molecule has 0 saturated carbocycles. The molecule has 0 rings (SSSR count). The standard InChI is InChI=1S/C10H19N3O6/c1-2-12(4-9(16)17)7-13(5-10(18)19)6-11-3-8(14)15/h11H,2-7H2,1H3,(H,14,15)(H,16,17)(H,18,19). The van der Waals surface area contributed by atoms with Crippen LogP contribution in [-0.4, -0.2) is 82.5 Å². The zero-order valence-electron chi connectivity index (χ0n) is 10.7. The molecule has 110 valence electrons. The minimum atomic E-state index is -1.07. The van der Waals surface area contributed by atoms with Gasteiger partial charge in [0.15, 0.2) is 0 Å². The van der Waals surface area contributed by atoms with Crippen molar-refractivity contribution >= 4 is 17.9 Å². The smallest absolute Gasteiger partial charge is 0.317 e. The normalized spacial score (nSPS) is 10.9. The Labute approximate surface area is 110 Å². The van der Waals surface area contributed by atoms with Crippen molar-refractivity contribution in [2.45, 2.75) is 6.92 Å². The molecule has 0 atom stereocenters. The van der Waals surface area contributed by atoms with Crippen LogP contribution in [0.3, 0.4) is 0 Å². The lowest BCUT2D eigenvalue weighted by atomic mass is 10.5. The molecule has 0 unspecified atom stereocenters. The van der Waals surface area contributed by atoms with E-state index in [0.29, 0.717) is 6.54 Å². The molecule has 9 nitrogen and oxygen atoms in total. The van der Waals surface area contributed by atoms with Gasteiger partial charge < -0.3 is 15.3 Å². The van der Waals surface area contributed by atoms with Gasteiger partial charge in [-0.1, -0.05) is 6.92 Å². The zero-order valence-corrected chi connectivity index (χ0v) is 10.7. The Hall–Kier alpha value is -1.71. The summed E-state index contributed by atoms with van der Waals surface area (Å²) in [5.74, 6) is -3.12. The fraction of sp³-hybridized carbons (Fsp3) is 0.700.